The molecule has 0 saturated carbocycles. The molecule has 2 rings (SSSR count). The van der Waals surface area contributed by atoms with E-state index in [-0.39, 0.29) is 5.56 Å². The third-order valence-electron chi connectivity index (χ3n) is 2.38. The molecule has 1 aromatic heterocycles. The number of nitrogens with zero attached hydrogens (tertiary/aromatic N) is 1. The molecule has 83 valence electrons. The summed E-state index contributed by atoms with van der Waals surface area (Å²) in [6.45, 7) is 3.66. The molecule has 0 bridgehead atoms. The Labute approximate surface area is 94.0 Å². The molecule has 0 saturated heterocycles. The second-order valence-electron chi connectivity index (χ2n) is 4.57. The first-order valence-corrected chi connectivity index (χ1v) is 5.19. The van der Waals surface area contributed by atoms with Crippen LogP contribution < -0.4 is 5.56 Å². The van der Waals surface area contributed by atoms with Gasteiger partial charge in [-0.1, -0.05) is 6.07 Å². The van der Waals surface area contributed by atoms with Crippen molar-refractivity contribution in [1.29, 1.82) is 0 Å². The van der Waals surface area contributed by atoms with Gasteiger partial charge in [-0.15, -0.1) is 0 Å². The Morgan fingerprint density at radius 3 is 2.88 bits per heavy atom. The smallest absolute Gasteiger partial charge is 0.258 e. The van der Waals surface area contributed by atoms with Crippen LogP contribution in [-0.2, 0) is 6.54 Å². The van der Waals surface area contributed by atoms with Gasteiger partial charge in [0.1, 0.15) is 0 Å². The second-order valence-corrected chi connectivity index (χ2v) is 4.57. The molecule has 0 atom stereocenters. The van der Waals surface area contributed by atoms with Crippen molar-refractivity contribution < 1.29 is 5.11 Å². The molecule has 2 aromatic rings. The summed E-state index contributed by atoms with van der Waals surface area (Å²) in [6, 6.07) is 10.0. The number of aromatic nitrogens is 1. The van der Waals surface area contributed by atoms with Crippen LogP contribution in [0.1, 0.15) is 13.8 Å². The van der Waals surface area contributed by atoms with E-state index in [0.717, 1.165) is 5.39 Å². The van der Waals surface area contributed by atoms with Crippen molar-refractivity contribution in [1.82, 2.24) is 4.57 Å². The van der Waals surface area contributed by atoms with Gasteiger partial charge in [0, 0.05) is 11.6 Å². The van der Waals surface area contributed by atoms with Crippen molar-refractivity contribution in [2.75, 3.05) is 0 Å². The van der Waals surface area contributed by atoms with Crippen molar-refractivity contribution >= 4 is 10.8 Å². The summed E-state index contributed by atoms with van der Waals surface area (Å²) in [4.78, 5) is 12.0. The number of benzene rings is 1. The maximum Gasteiger partial charge on any atom is 0.258 e. The average molecular weight is 216 g/mol. The highest BCUT2D eigenvalue weighted by Crippen LogP contribution is 2.10. The number of hydrogen-bond acceptors (Lipinski definition) is 2. The van der Waals surface area contributed by atoms with E-state index in [0.29, 0.717) is 11.9 Å². The lowest BCUT2D eigenvalue weighted by molar-refractivity contribution is 0.0606. The average Bonchev–Trinajstić information content (AvgIpc) is 2.21. The zero-order chi connectivity index (χ0) is 11.8. The van der Waals surface area contributed by atoms with E-state index in [1.54, 1.807) is 38.2 Å². The Bertz CT molecular complexity index is 564. The molecule has 1 heterocycles. The predicted octanol–water partition coefficient (Wildman–Crippen LogP) is 1.57. The summed E-state index contributed by atoms with van der Waals surface area (Å²) in [7, 11) is 0. The third-order valence-corrected chi connectivity index (χ3v) is 2.38. The van der Waals surface area contributed by atoms with Crippen molar-refractivity contribution in [3.8, 4) is 0 Å². The van der Waals surface area contributed by atoms with E-state index < -0.39 is 5.60 Å². The minimum Gasteiger partial charge on any atom is -0.389 e. The van der Waals surface area contributed by atoms with E-state index in [9.17, 15) is 9.90 Å². The Balaban J connectivity index is 2.57. The number of fused-ring (bicyclic) bond motifs is 1. The van der Waals surface area contributed by atoms with Crippen molar-refractivity contribution in [2.45, 2.75) is 26.0 Å². The molecule has 3 nitrogen and oxygen atoms in total. The highest BCUT2D eigenvalue weighted by Gasteiger charge is 2.14. The molecule has 16 heavy (non-hydrogen) atoms. The summed E-state index contributed by atoms with van der Waals surface area (Å²) in [5.41, 5.74) is -0.966. The minimum absolute atomic E-state index is 0.0753. The van der Waals surface area contributed by atoms with E-state index in [2.05, 4.69) is 6.07 Å². The first-order valence-electron chi connectivity index (χ1n) is 5.19. The van der Waals surface area contributed by atoms with Crippen molar-refractivity contribution in [2.24, 2.45) is 0 Å². The molecule has 0 fully saturated rings. The molecule has 0 amide bonds. The minimum atomic E-state index is -0.890. The molecule has 0 unspecified atom stereocenters. The summed E-state index contributed by atoms with van der Waals surface area (Å²) in [5, 5.41) is 11.2. The molecule has 1 radical (unpaired) electrons. The van der Waals surface area contributed by atoms with E-state index in [1.807, 2.05) is 6.07 Å². The first kappa shape index (κ1) is 10.9. The monoisotopic (exact) mass is 216 g/mol. The maximum atomic E-state index is 12.0. The topological polar surface area (TPSA) is 42.2 Å². The van der Waals surface area contributed by atoms with E-state index in [1.165, 1.54) is 4.57 Å². The Morgan fingerprint density at radius 1 is 1.44 bits per heavy atom. The van der Waals surface area contributed by atoms with Gasteiger partial charge in [0.15, 0.2) is 0 Å². The Morgan fingerprint density at radius 2 is 2.19 bits per heavy atom. The fourth-order valence-corrected chi connectivity index (χ4v) is 1.71. The standard InChI is InChI=1S/C13H14NO2/c1-13(2,16)9-14-8-7-10-5-3-4-6-11(10)12(14)15/h4-8,16H,9H2,1-2H3. The first-order chi connectivity index (χ1) is 7.47. The lowest BCUT2D eigenvalue weighted by Gasteiger charge is -2.18. The number of rotatable bonds is 2. The molecule has 0 aliphatic carbocycles. The largest absolute Gasteiger partial charge is 0.389 e. The fourth-order valence-electron chi connectivity index (χ4n) is 1.71. The molecular weight excluding hydrogens is 202 g/mol. The van der Waals surface area contributed by atoms with E-state index >= 15 is 0 Å². The van der Waals surface area contributed by atoms with Crippen LogP contribution in [0, 0.1) is 6.07 Å². The number of pyridine rings is 1. The van der Waals surface area contributed by atoms with Crippen LogP contribution in [0.5, 0.6) is 0 Å². The molecule has 3 heteroatoms. The zero-order valence-corrected chi connectivity index (χ0v) is 9.40. The fraction of sp³-hybridized carbons (Fsp3) is 0.308. The number of hydrogen-bond donors (Lipinski definition) is 1. The summed E-state index contributed by atoms with van der Waals surface area (Å²) >= 11 is 0. The molecule has 0 spiro atoms. The lowest BCUT2D eigenvalue weighted by Crippen LogP contribution is -2.32. The van der Waals surface area contributed by atoms with Crippen LogP contribution in [0.4, 0.5) is 0 Å². The van der Waals surface area contributed by atoms with Gasteiger partial charge in [-0.05, 0) is 43.5 Å². The Kier molecular flexibility index (Phi) is 2.56. The van der Waals surface area contributed by atoms with Crippen LogP contribution in [-0.4, -0.2) is 15.3 Å². The molecule has 1 aromatic carbocycles. The van der Waals surface area contributed by atoms with Crippen molar-refractivity contribution in [3.63, 3.8) is 0 Å². The maximum absolute atomic E-state index is 12.0. The van der Waals surface area contributed by atoms with Crippen LogP contribution in [0.3, 0.4) is 0 Å². The SMILES string of the molecule is CC(C)(O)Cn1ccc2c[c]ccc2c1=O. The predicted molar refractivity (Wildman–Crippen MR) is 63.3 cm³/mol. The van der Waals surface area contributed by atoms with Gasteiger partial charge in [-0.25, -0.2) is 0 Å². The lowest BCUT2D eigenvalue weighted by atomic mass is 10.1. The van der Waals surface area contributed by atoms with Crippen LogP contribution in [0.2, 0.25) is 0 Å². The van der Waals surface area contributed by atoms with Gasteiger partial charge in [-0.2, -0.15) is 0 Å². The Hall–Kier alpha value is -1.61. The van der Waals surface area contributed by atoms with Gasteiger partial charge in [0.25, 0.3) is 5.56 Å². The van der Waals surface area contributed by atoms with Gasteiger partial charge in [-0.3, -0.25) is 4.79 Å². The van der Waals surface area contributed by atoms with Gasteiger partial charge >= 0.3 is 0 Å². The van der Waals surface area contributed by atoms with Crippen LogP contribution >= 0.6 is 0 Å². The van der Waals surface area contributed by atoms with Crippen LogP contribution in [0.15, 0.2) is 35.3 Å². The number of aliphatic hydroxyl groups is 1. The third kappa shape index (κ3) is 2.14. The normalized spacial score (nSPS) is 11.9. The highest BCUT2D eigenvalue weighted by molar-refractivity contribution is 5.80. The summed E-state index contributed by atoms with van der Waals surface area (Å²) in [5.74, 6) is 0. The second kappa shape index (κ2) is 3.76. The van der Waals surface area contributed by atoms with Crippen molar-refractivity contribution in [3.05, 3.63) is 46.9 Å². The summed E-state index contributed by atoms with van der Waals surface area (Å²) in [6.07, 6.45) is 1.70. The molecule has 0 aliphatic heterocycles. The quantitative estimate of drug-likeness (QED) is 0.828. The van der Waals surface area contributed by atoms with Gasteiger partial charge in [0.2, 0.25) is 0 Å². The van der Waals surface area contributed by atoms with Gasteiger partial charge in [0.05, 0.1) is 12.1 Å². The van der Waals surface area contributed by atoms with E-state index in [4.69, 9.17) is 0 Å². The molecular formula is C13H14NO2. The summed E-state index contributed by atoms with van der Waals surface area (Å²) < 4.78 is 1.53. The van der Waals surface area contributed by atoms with Gasteiger partial charge < -0.3 is 9.67 Å². The highest BCUT2D eigenvalue weighted by atomic mass is 16.3. The molecule has 1 N–H and O–H groups in total. The zero-order valence-electron chi connectivity index (χ0n) is 9.40. The van der Waals surface area contributed by atoms with Crippen LogP contribution in [0.25, 0.3) is 10.8 Å². The molecule has 0 aliphatic rings.